The normalized spacial score (nSPS) is 6.14. The fourth-order valence-electron chi connectivity index (χ4n) is 0.0471. The molecule has 0 rings (SSSR count). The van der Waals surface area contributed by atoms with Crippen molar-refractivity contribution in [2.24, 2.45) is 4.53 Å². The third-order valence-corrected chi connectivity index (χ3v) is 0.335. The van der Waals surface area contributed by atoms with E-state index in [1.807, 2.05) is 0 Å². The van der Waals surface area contributed by atoms with Crippen molar-refractivity contribution in [3.05, 3.63) is 0 Å². The lowest BCUT2D eigenvalue weighted by Crippen LogP contribution is -1.61. The third-order valence-electron chi connectivity index (χ3n) is 0.139. The van der Waals surface area contributed by atoms with Crippen LogP contribution in [-0.4, -0.2) is 8.42 Å². The molecule has 0 aromatic rings. The van der Waals surface area contributed by atoms with Gasteiger partial charge < -0.3 is 0 Å². The molecule has 0 saturated carbocycles. The van der Waals surface area contributed by atoms with Crippen LogP contribution >= 0.6 is 0 Å². The van der Waals surface area contributed by atoms with Crippen LogP contribution in [0.25, 0.3) is 0 Å². The van der Waals surface area contributed by atoms with E-state index in [1.165, 1.54) is 0 Å². The minimum atomic E-state index is -2.64. The molecule has 38 valence electrons. The SMILES string of the molecule is N#CON=S(=O)=O. The van der Waals surface area contributed by atoms with E-state index in [4.69, 9.17) is 5.26 Å². The van der Waals surface area contributed by atoms with Crippen LogP contribution in [0.3, 0.4) is 0 Å². The van der Waals surface area contributed by atoms with Gasteiger partial charge in [0.15, 0.2) is 0 Å². The fourth-order valence-corrected chi connectivity index (χ4v) is 0.141. The highest BCUT2D eigenvalue weighted by molar-refractivity contribution is 7.61. The van der Waals surface area contributed by atoms with Crippen molar-refractivity contribution in [2.45, 2.75) is 0 Å². The molecular weight excluding hydrogens is 120 g/mol. The molecule has 0 aromatic carbocycles. The topological polar surface area (TPSA) is 79.5 Å². The van der Waals surface area contributed by atoms with Crippen molar-refractivity contribution >= 4 is 10.5 Å². The van der Waals surface area contributed by atoms with Crippen molar-refractivity contribution in [2.75, 3.05) is 0 Å². The van der Waals surface area contributed by atoms with Crippen molar-refractivity contribution < 1.29 is 13.3 Å². The average Bonchev–Trinajstić information content (AvgIpc) is 1.61. The molecule has 0 bridgehead atoms. The second-order valence-corrected chi connectivity index (χ2v) is 1.06. The van der Waals surface area contributed by atoms with Gasteiger partial charge in [0.25, 0.3) is 0 Å². The smallest absolute Gasteiger partial charge is 0.259 e. The lowest BCUT2D eigenvalue weighted by atomic mass is 11.6. The molecule has 6 heteroatoms. The van der Waals surface area contributed by atoms with Crippen LogP contribution in [0.15, 0.2) is 4.53 Å². The number of nitrogens with zero attached hydrogens (tertiary/aromatic N) is 2. The van der Waals surface area contributed by atoms with E-state index in [1.54, 1.807) is 0 Å². The summed E-state index contributed by atoms with van der Waals surface area (Å²) in [5, 5.41) is 7.48. The Kier molecular flexibility index (Phi) is 2.63. The first-order valence-electron chi connectivity index (χ1n) is 1.13. The lowest BCUT2D eigenvalue weighted by Gasteiger charge is -1.62. The Morgan fingerprint density at radius 2 is 2.29 bits per heavy atom. The molecular formula is CN2O3S. The Labute approximate surface area is 40.8 Å². The summed E-state index contributed by atoms with van der Waals surface area (Å²) >= 11 is 0. The molecule has 0 saturated heterocycles. The molecule has 0 aliphatic rings. The summed E-state index contributed by atoms with van der Waals surface area (Å²) in [6.45, 7) is 0. The van der Waals surface area contributed by atoms with Gasteiger partial charge in [-0.1, -0.05) is 0 Å². The molecule has 0 spiro atoms. The van der Waals surface area contributed by atoms with Gasteiger partial charge in [-0.3, -0.25) is 4.84 Å². The van der Waals surface area contributed by atoms with E-state index in [2.05, 4.69) is 9.36 Å². The quantitative estimate of drug-likeness (QED) is 0.344. The monoisotopic (exact) mass is 120 g/mol. The van der Waals surface area contributed by atoms with Gasteiger partial charge in [-0.2, -0.15) is 8.42 Å². The van der Waals surface area contributed by atoms with Crippen LogP contribution in [0.5, 0.6) is 0 Å². The van der Waals surface area contributed by atoms with Gasteiger partial charge in [-0.15, -0.1) is 5.26 Å². The first kappa shape index (κ1) is 5.91. The molecule has 0 atom stereocenters. The zero-order chi connectivity index (χ0) is 5.70. The van der Waals surface area contributed by atoms with E-state index < -0.39 is 10.5 Å². The molecule has 0 aliphatic heterocycles. The summed E-state index contributed by atoms with van der Waals surface area (Å²) in [7, 11) is -2.64. The Morgan fingerprint density at radius 1 is 1.71 bits per heavy atom. The van der Waals surface area contributed by atoms with Crippen LogP contribution in [0.1, 0.15) is 0 Å². The maximum Gasteiger partial charge on any atom is 0.350 e. The summed E-state index contributed by atoms with van der Waals surface area (Å²) in [6, 6.07) is 0. The van der Waals surface area contributed by atoms with E-state index >= 15 is 0 Å². The van der Waals surface area contributed by atoms with Gasteiger partial charge in [0, 0.05) is 0 Å². The molecule has 0 N–H and O–H groups in total. The van der Waals surface area contributed by atoms with Crippen LogP contribution in [0, 0.1) is 11.5 Å². The Hall–Kier alpha value is -1.09. The largest absolute Gasteiger partial charge is 0.350 e. The van der Waals surface area contributed by atoms with Crippen LogP contribution in [0.4, 0.5) is 0 Å². The van der Waals surface area contributed by atoms with Crippen LogP contribution < -0.4 is 0 Å². The highest BCUT2D eigenvalue weighted by Gasteiger charge is 1.66. The van der Waals surface area contributed by atoms with E-state index in [9.17, 15) is 8.42 Å². The Balaban J connectivity index is 3.79. The van der Waals surface area contributed by atoms with Gasteiger partial charge in [0.2, 0.25) is 0 Å². The van der Waals surface area contributed by atoms with Crippen molar-refractivity contribution in [1.82, 2.24) is 0 Å². The maximum atomic E-state index is 9.32. The zero-order valence-electron chi connectivity index (χ0n) is 3.03. The Morgan fingerprint density at radius 3 is 2.43 bits per heavy atom. The summed E-state index contributed by atoms with van der Waals surface area (Å²) < 4.78 is 20.9. The molecule has 7 heavy (non-hydrogen) atoms. The van der Waals surface area contributed by atoms with Gasteiger partial charge in [-0.05, 0) is 0 Å². The molecule has 0 unspecified atom stereocenters. The predicted molar refractivity (Wildman–Crippen MR) is 18.0 cm³/mol. The van der Waals surface area contributed by atoms with Gasteiger partial charge >= 0.3 is 16.8 Å². The van der Waals surface area contributed by atoms with Crippen molar-refractivity contribution in [3.63, 3.8) is 0 Å². The third kappa shape index (κ3) is 4.91. The zero-order valence-corrected chi connectivity index (χ0v) is 3.84. The predicted octanol–water partition coefficient (Wildman–Crippen LogP) is -0.538. The van der Waals surface area contributed by atoms with E-state index in [0.29, 0.717) is 0 Å². The fraction of sp³-hybridized carbons (Fsp3) is 0. The van der Waals surface area contributed by atoms with Crippen molar-refractivity contribution in [3.8, 4) is 6.26 Å². The summed E-state index contributed by atoms with van der Waals surface area (Å²) in [5.74, 6) is 0. The standard InChI is InChI=1S/CN2O3S/c2-1-6-3-7(4)5. The molecule has 0 fully saturated rings. The number of rotatable bonds is 1. The van der Waals surface area contributed by atoms with E-state index in [-0.39, 0.29) is 0 Å². The van der Waals surface area contributed by atoms with Gasteiger partial charge in [0.1, 0.15) is 0 Å². The second kappa shape index (κ2) is 3.11. The molecule has 0 heterocycles. The average molecular weight is 120 g/mol. The molecule has 0 aliphatic carbocycles. The second-order valence-electron chi connectivity index (χ2n) is 0.474. The Bertz CT molecular complexity index is 187. The van der Waals surface area contributed by atoms with E-state index in [0.717, 1.165) is 6.26 Å². The summed E-state index contributed by atoms with van der Waals surface area (Å²) in [6.07, 6.45) is 1.04. The minimum Gasteiger partial charge on any atom is -0.259 e. The maximum absolute atomic E-state index is 9.32. The molecule has 0 aromatic heterocycles. The lowest BCUT2D eigenvalue weighted by molar-refractivity contribution is 0.296. The number of hydrogen-bond donors (Lipinski definition) is 0. The highest BCUT2D eigenvalue weighted by atomic mass is 32.2. The van der Waals surface area contributed by atoms with Gasteiger partial charge in [-0.25, -0.2) is 0 Å². The summed E-state index contributed by atoms with van der Waals surface area (Å²) in [5.41, 5.74) is 0. The first-order chi connectivity index (χ1) is 3.27. The van der Waals surface area contributed by atoms with Crippen molar-refractivity contribution in [1.29, 1.82) is 5.26 Å². The number of hydrogen-bond acceptors (Lipinski definition) is 5. The highest BCUT2D eigenvalue weighted by Crippen LogP contribution is 1.63. The van der Waals surface area contributed by atoms with Crippen LogP contribution in [-0.2, 0) is 15.3 Å². The van der Waals surface area contributed by atoms with Crippen LogP contribution in [0.2, 0.25) is 0 Å². The molecule has 0 radical (unpaired) electrons. The minimum absolute atomic E-state index is 1.04. The molecule has 5 nitrogen and oxygen atoms in total. The van der Waals surface area contributed by atoms with Gasteiger partial charge in [0.05, 0.1) is 4.53 Å². The first-order valence-corrected chi connectivity index (χ1v) is 2.16. The molecule has 0 amide bonds. The number of nitriles is 1. The summed E-state index contributed by atoms with van der Waals surface area (Å²) in [4.78, 5) is 3.41.